The van der Waals surface area contributed by atoms with E-state index < -0.39 is 0 Å². The fourth-order valence-corrected chi connectivity index (χ4v) is 13.4. The third-order valence-corrected chi connectivity index (χ3v) is 15.2. The summed E-state index contributed by atoms with van der Waals surface area (Å²) in [4.78, 5) is 23.9. The smallest absolute Gasteiger partial charge is 0.309 e. The lowest BCUT2D eigenvalue weighted by Gasteiger charge is -2.56. The number of hydrogen-bond donors (Lipinski definition) is 0. The summed E-state index contributed by atoms with van der Waals surface area (Å²) in [7, 11) is 5.04. The minimum absolute atomic E-state index is 0.0314. The van der Waals surface area contributed by atoms with Crippen LogP contribution in [-0.4, -0.2) is 84.2 Å². The topological polar surface area (TPSA) is 108 Å². The number of carbonyl (C=O) groups excluding carboxylic acids is 2. The van der Waals surface area contributed by atoms with E-state index in [0.717, 1.165) is 88.8 Å². The maximum Gasteiger partial charge on any atom is 0.309 e. The van der Waals surface area contributed by atoms with E-state index in [1.54, 1.807) is 21.3 Å². The standard InChI is InChI=1S/C15H24O4.C14H22O4.C14H24O2/c1-10(17-2)18-4-3-15-7-11-5-12(8-15)14(16)19-13(6-11)9-15;1-9(16-2)17-8-14-5-10-3-11(6-14)13(15)18-12(4-10)7-14;1-10(15-2)16-9-14-6-11-3-12(7-14)5-13(4-11)8-14/h10-13H,3-9H2,1-2H3;9-12H,3-8H2,1-2H3;10-13H,3-9H2,1-2H3. The third-order valence-electron chi connectivity index (χ3n) is 15.2. The molecule has 0 radical (unpaired) electrons. The molecule has 12 rings (SSSR count). The Hall–Kier alpha value is -1.30. The first-order valence-electron chi connectivity index (χ1n) is 21.2. The van der Waals surface area contributed by atoms with Crippen molar-refractivity contribution in [3.63, 3.8) is 0 Å². The molecule has 12 fully saturated rings. The fraction of sp³-hybridized carbons (Fsp3) is 0.953. The van der Waals surface area contributed by atoms with Crippen molar-refractivity contribution in [1.29, 1.82) is 0 Å². The minimum atomic E-state index is -0.170. The van der Waals surface area contributed by atoms with Gasteiger partial charge in [0.15, 0.2) is 18.9 Å². The highest BCUT2D eigenvalue weighted by Crippen LogP contribution is 2.60. The SMILES string of the molecule is COC(C)OCC12CC3CC(C1)OC(=O)C(C3)C2.COC(C)OCC12CC3CC(CC(C3)C1)C2.COC(C)OCCC12CC3CC(C1)OC(=O)C(C3)C2. The van der Waals surface area contributed by atoms with E-state index in [9.17, 15) is 9.59 Å². The second kappa shape index (κ2) is 16.7. The van der Waals surface area contributed by atoms with Crippen LogP contribution in [0.3, 0.4) is 0 Å². The second-order valence-electron chi connectivity index (χ2n) is 19.5. The van der Waals surface area contributed by atoms with Gasteiger partial charge in [0.25, 0.3) is 0 Å². The number of carbonyl (C=O) groups is 2. The van der Waals surface area contributed by atoms with Gasteiger partial charge in [0.2, 0.25) is 0 Å². The van der Waals surface area contributed by atoms with Crippen molar-refractivity contribution in [2.24, 2.45) is 57.7 Å². The Balaban J connectivity index is 0.000000124. The molecule has 8 aliphatic carbocycles. The van der Waals surface area contributed by atoms with Crippen molar-refractivity contribution >= 4 is 11.9 Å². The largest absolute Gasteiger partial charge is 0.462 e. The Bertz CT molecular complexity index is 1220. The maximum atomic E-state index is 12.0. The van der Waals surface area contributed by atoms with Crippen molar-refractivity contribution in [3.8, 4) is 0 Å². The minimum Gasteiger partial charge on any atom is -0.462 e. The van der Waals surface area contributed by atoms with Crippen LogP contribution >= 0.6 is 0 Å². The van der Waals surface area contributed by atoms with Crippen molar-refractivity contribution in [3.05, 3.63) is 0 Å². The van der Waals surface area contributed by atoms with Gasteiger partial charge < -0.3 is 37.9 Å². The Morgan fingerprint density at radius 1 is 0.509 bits per heavy atom. The van der Waals surface area contributed by atoms with Crippen LogP contribution in [0.4, 0.5) is 0 Å². The molecule has 4 saturated heterocycles. The Labute approximate surface area is 318 Å². The lowest BCUT2D eigenvalue weighted by molar-refractivity contribution is -0.167. The Kier molecular flexibility index (Phi) is 12.5. The van der Waals surface area contributed by atoms with Crippen LogP contribution in [0.2, 0.25) is 0 Å². The van der Waals surface area contributed by atoms with Gasteiger partial charge in [-0.1, -0.05) is 0 Å². The summed E-state index contributed by atoms with van der Waals surface area (Å²) >= 11 is 0. The highest BCUT2D eigenvalue weighted by atomic mass is 16.7. The van der Waals surface area contributed by atoms with Crippen LogP contribution in [0.25, 0.3) is 0 Å². The Morgan fingerprint density at radius 2 is 0.887 bits per heavy atom. The lowest BCUT2D eigenvalue weighted by atomic mass is 9.50. The summed E-state index contributed by atoms with van der Waals surface area (Å²) in [5.41, 5.74) is 0.951. The van der Waals surface area contributed by atoms with Gasteiger partial charge in [-0.05, 0) is 176 Å². The van der Waals surface area contributed by atoms with Gasteiger partial charge in [-0.15, -0.1) is 0 Å². The van der Waals surface area contributed by atoms with Crippen LogP contribution in [0, 0.1) is 57.7 Å². The zero-order valence-electron chi connectivity index (χ0n) is 33.7. The predicted molar refractivity (Wildman–Crippen MR) is 197 cm³/mol. The second-order valence-corrected chi connectivity index (χ2v) is 19.5. The van der Waals surface area contributed by atoms with Gasteiger partial charge >= 0.3 is 11.9 Å². The van der Waals surface area contributed by atoms with Gasteiger partial charge in [-0.25, -0.2) is 0 Å². The first kappa shape index (κ1) is 39.9. The summed E-state index contributed by atoms with van der Waals surface area (Å²) in [6.45, 7) is 8.18. The molecule has 0 aromatic heterocycles. The molecule has 53 heavy (non-hydrogen) atoms. The normalized spacial score (nSPS) is 44.2. The van der Waals surface area contributed by atoms with Gasteiger partial charge in [0, 0.05) is 21.3 Å². The molecule has 4 heterocycles. The first-order valence-corrected chi connectivity index (χ1v) is 21.2. The predicted octanol–water partition coefficient (Wildman–Crippen LogP) is 7.84. The van der Waals surface area contributed by atoms with E-state index in [2.05, 4.69) is 0 Å². The van der Waals surface area contributed by atoms with E-state index in [1.165, 1.54) is 51.4 Å². The molecule has 10 heteroatoms. The molecule has 0 aromatic rings. The molecule has 11 unspecified atom stereocenters. The number of hydrogen-bond acceptors (Lipinski definition) is 10. The van der Waals surface area contributed by atoms with Gasteiger partial charge in [-0.3, -0.25) is 9.59 Å². The van der Waals surface area contributed by atoms with E-state index in [-0.39, 0.29) is 65.7 Å². The quantitative estimate of drug-likeness (QED) is 0.137. The molecular weight excluding hydrogens is 676 g/mol. The Morgan fingerprint density at radius 3 is 1.36 bits per heavy atom. The molecule has 4 aliphatic heterocycles. The molecule has 0 amide bonds. The average Bonchev–Trinajstić information content (AvgIpc) is 3.39. The summed E-state index contributed by atoms with van der Waals surface area (Å²) in [5.74, 6) is 4.74. The van der Waals surface area contributed by atoms with E-state index >= 15 is 0 Å². The molecule has 8 saturated carbocycles. The number of ether oxygens (including phenoxy) is 8. The van der Waals surface area contributed by atoms with Crippen molar-refractivity contribution in [2.45, 2.75) is 161 Å². The zero-order chi connectivity index (χ0) is 37.4. The molecule has 0 N–H and O–H groups in total. The zero-order valence-corrected chi connectivity index (χ0v) is 33.7. The highest BCUT2D eigenvalue weighted by molar-refractivity contribution is 5.74. The van der Waals surface area contributed by atoms with Gasteiger partial charge in [0.1, 0.15) is 12.2 Å². The van der Waals surface area contributed by atoms with Crippen LogP contribution < -0.4 is 0 Å². The highest BCUT2D eigenvalue weighted by Gasteiger charge is 2.54. The van der Waals surface area contributed by atoms with Gasteiger partial charge in [0.05, 0.1) is 31.7 Å². The fourth-order valence-electron chi connectivity index (χ4n) is 13.4. The number of fused-ring (bicyclic) bond motifs is 2. The average molecular weight is 747 g/mol. The van der Waals surface area contributed by atoms with Crippen LogP contribution in [0.1, 0.15) is 130 Å². The first-order chi connectivity index (χ1) is 25.4. The van der Waals surface area contributed by atoms with Crippen LogP contribution in [0.5, 0.6) is 0 Å². The van der Waals surface area contributed by atoms with Crippen molar-refractivity contribution < 1.29 is 47.5 Å². The van der Waals surface area contributed by atoms with Crippen molar-refractivity contribution in [1.82, 2.24) is 0 Å². The number of esters is 2. The molecular formula is C43H70O10. The van der Waals surface area contributed by atoms with E-state index in [4.69, 9.17) is 37.9 Å². The van der Waals surface area contributed by atoms with Crippen LogP contribution in [-0.2, 0) is 47.5 Å². The number of rotatable bonds is 13. The third kappa shape index (κ3) is 9.47. The van der Waals surface area contributed by atoms with E-state index in [1.807, 2.05) is 20.8 Å². The lowest BCUT2D eigenvalue weighted by Crippen LogP contribution is -2.48. The molecule has 0 aromatic carbocycles. The molecule has 302 valence electrons. The summed E-state index contributed by atoms with van der Waals surface area (Å²) in [5, 5.41) is 0. The number of methoxy groups -OCH3 is 3. The summed E-state index contributed by atoms with van der Waals surface area (Å²) < 4.78 is 43.9. The monoisotopic (exact) mass is 746 g/mol. The van der Waals surface area contributed by atoms with Crippen LogP contribution in [0.15, 0.2) is 0 Å². The van der Waals surface area contributed by atoms with Crippen molar-refractivity contribution in [2.75, 3.05) is 41.2 Å². The maximum absolute atomic E-state index is 12.0. The van der Waals surface area contributed by atoms with Gasteiger partial charge in [-0.2, -0.15) is 0 Å². The molecule has 11 atom stereocenters. The molecule has 12 bridgehead atoms. The molecule has 10 nitrogen and oxygen atoms in total. The molecule has 0 spiro atoms. The van der Waals surface area contributed by atoms with E-state index in [0.29, 0.717) is 23.9 Å². The summed E-state index contributed by atoms with van der Waals surface area (Å²) in [6.07, 6.45) is 20.4. The summed E-state index contributed by atoms with van der Waals surface area (Å²) in [6, 6.07) is 0. The molecule has 12 aliphatic rings.